The Bertz CT molecular complexity index is 652. The van der Waals surface area contributed by atoms with Crippen molar-refractivity contribution in [1.82, 2.24) is 9.80 Å². The molecule has 1 saturated heterocycles. The van der Waals surface area contributed by atoms with Gasteiger partial charge in [-0.1, -0.05) is 12.1 Å². The van der Waals surface area contributed by atoms with Crippen LogP contribution in [0.5, 0.6) is 5.75 Å². The first kappa shape index (κ1) is 16.6. The summed E-state index contributed by atoms with van der Waals surface area (Å²) in [5.41, 5.74) is 1.02. The van der Waals surface area contributed by atoms with E-state index in [1.807, 2.05) is 41.3 Å². The van der Waals surface area contributed by atoms with Crippen molar-refractivity contribution in [2.75, 3.05) is 26.7 Å². The quantitative estimate of drug-likeness (QED) is 0.846. The fourth-order valence-corrected chi connectivity index (χ4v) is 3.19. The molecule has 24 heavy (non-hydrogen) atoms. The van der Waals surface area contributed by atoms with Crippen LogP contribution in [0.15, 0.2) is 47.1 Å². The highest BCUT2D eigenvalue weighted by Gasteiger charge is 2.27. The van der Waals surface area contributed by atoms with Gasteiger partial charge in [-0.25, -0.2) is 0 Å². The first-order valence-corrected chi connectivity index (χ1v) is 8.33. The first-order chi connectivity index (χ1) is 11.7. The van der Waals surface area contributed by atoms with E-state index >= 15 is 0 Å². The number of amides is 1. The lowest BCUT2D eigenvalue weighted by Gasteiger charge is -2.39. The lowest BCUT2D eigenvalue weighted by molar-refractivity contribution is -0.135. The molecule has 1 atom stereocenters. The molecule has 3 rings (SSSR count). The Kier molecular flexibility index (Phi) is 5.20. The summed E-state index contributed by atoms with van der Waals surface area (Å²) < 4.78 is 10.6. The maximum Gasteiger partial charge on any atom is 0.227 e. The second-order valence-electron chi connectivity index (χ2n) is 6.28. The van der Waals surface area contributed by atoms with Crippen molar-refractivity contribution in [1.29, 1.82) is 0 Å². The normalized spacial score (nSPS) is 18.6. The molecule has 0 aliphatic carbocycles. The van der Waals surface area contributed by atoms with Crippen molar-refractivity contribution in [3.8, 4) is 5.75 Å². The van der Waals surface area contributed by atoms with Crippen molar-refractivity contribution < 1.29 is 13.9 Å². The van der Waals surface area contributed by atoms with Gasteiger partial charge in [0.1, 0.15) is 11.5 Å². The predicted octanol–water partition coefficient (Wildman–Crippen LogP) is 2.56. The minimum absolute atomic E-state index is 0.185. The number of methoxy groups -OCH3 is 1. The van der Waals surface area contributed by atoms with E-state index in [4.69, 9.17) is 9.15 Å². The Hall–Kier alpha value is -2.27. The molecule has 2 heterocycles. The lowest BCUT2D eigenvalue weighted by Crippen LogP contribution is -2.54. The minimum Gasteiger partial charge on any atom is -0.497 e. The number of ether oxygens (including phenoxy) is 1. The van der Waals surface area contributed by atoms with Crippen LogP contribution >= 0.6 is 0 Å². The van der Waals surface area contributed by atoms with Crippen molar-refractivity contribution in [3.63, 3.8) is 0 Å². The zero-order valence-electron chi connectivity index (χ0n) is 14.3. The molecule has 1 amide bonds. The number of piperazine rings is 1. The molecule has 0 unspecified atom stereocenters. The van der Waals surface area contributed by atoms with Gasteiger partial charge >= 0.3 is 0 Å². The van der Waals surface area contributed by atoms with Crippen LogP contribution in [0.2, 0.25) is 0 Å². The third kappa shape index (κ3) is 3.97. The number of nitrogens with zero attached hydrogens (tertiary/aromatic N) is 2. The largest absolute Gasteiger partial charge is 0.497 e. The monoisotopic (exact) mass is 328 g/mol. The van der Waals surface area contributed by atoms with Gasteiger partial charge in [0.25, 0.3) is 0 Å². The van der Waals surface area contributed by atoms with Gasteiger partial charge in [-0.05, 0) is 36.8 Å². The van der Waals surface area contributed by atoms with Gasteiger partial charge < -0.3 is 14.1 Å². The summed E-state index contributed by atoms with van der Waals surface area (Å²) in [5.74, 6) is 1.97. The summed E-state index contributed by atoms with van der Waals surface area (Å²) in [6.07, 6.45) is 2.14. The van der Waals surface area contributed by atoms with Crippen molar-refractivity contribution >= 4 is 5.91 Å². The van der Waals surface area contributed by atoms with Gasteiger partial charge in [-0.15, -0.1) is 0 Å². The zero-order valence-corrected chi connectivity index (χ0v) is 14.3. The van der Waals surface area contributed by atoms with E-state index in [-0.39, 0.29) is 11.9 Å². The molecule has 1 aliphatic heterocycles. The Morgan fingerprint density at radius 2 is 2.04 bits per heavy atom. The van der Waals surface area contributed by atoms with Crippen LogP contribution < -0.4 is 4.74 Å². The topological polar surface area (TPSA) is 45.9 Å². The Labute approximate surface area is 142 Å². The number of benzene rings is 1. The molecule has 0 bridgehead atoms. The molecule has 1 aliphatic rings. The molecule has 1 aromatic heterocycles. The highest BCUT2D eigenvalue weighted by molar-refractivity contribution is 5.79. The SMILES string of the molecule is COc1ccc(CC(=O)N2CCN(Cc3ccco3)C[C@H]2C)cc1. The van der Waals surface area contributed by atoms with Gasteiger partial charge in [0.2, 0.25) is 5.91 Å². The van der Waals surface area contributed by atoms with Crippen molar-refractivity contribution in [3.05, 3.63) is 54.0 Å². The van der Waals surface area contributed by atoms with Crippen LogP contribution in [0, 0.1) is 0 Å². The van der Waals surface area contributed by atoms with Crippen LogP contribution in [-0.4, -0.2) is 48.5 Å². The standard InChI is InChI=1S/C19H24N2O3/c1-15-13-20(14-18-4-3-11-24-18)9-10-21(15)19(22)12-16-5-7-17(23-2)8-6-16/h3-8,11,15H,9-10,12-14H2,1-2H3/t15-/m1/s1. The molecule has 128 valence electrons. The van der Waals surface area contributed by atoms with Crippen LogP contribution in [0.4, 0.5) is 0 Å². The van der Waals surface area contributed by atoms with Gasteiger partial charge in [0, 0.05) is 25.7 Å². The van der Waals surface area contributed by atoms with E-state index in [0.717, 1.165) is 43.3 Å². The fraction of sp³-hybridized carbons (Fsp3) is 0.421. The van der Waals surface area contributed by atoms with Gasteiger partial charge in [-0.2, -0.15) is 0 Å². The van der Waals surface area contributed by atoms with E-state index < -0.39 is 0 Å². The molecule has 2 aromatic rings. The van der Waals surface area contributed by atoms with E-state index in [0.29, 0.717) is 6.42 Å². The number of carbonyl (C=O) groups excluding carboxylic acids is 1. The average molecular weight is 328 g/mol. The molecule has 5 heteroatoms. The first-order valence-electron chi connectivity index (χ1n) is 8.33. The van der Waals surface area contributed by atoms with Gasteiger partial charge in [0.05, 0.1) is 26.3 Å². The predicted molar refractivity (Wildman–Crippen MR) is 91.9 cm³/mol. The van der Waals surface area contributed by atoms with Crippen LogP contribution in [-0.2, 0) is 17.8 Å². The van der Waals surface area contributed by atoms with Gasteiger partial charge in [-0.3, -0.25) is 9.69 Å². The molecule has 1 aromatic carbocycles. The van der Waals surface area contributed by atoms with Crippen molar-refractivity contribution in [2.24, 2.45) is 0 Å². The molecular formula is C19H24N2O3. The Balaban J connectivity index is 1.54. The van der Waals surface area contributed by atoms with Gasteiger partial charge in [0.15, 0.2) is 0 Å². The summed E-state index contributed by atoms with van der Waals surface area (Å²) in [7, 11) is 1.64. The number of furan rings is 1. The molecule has 0 saturated carbocycles. The van der Waals surface area contributed by atoms with Crippen LogP contribution in [0.1, 0.15) is 18.2 Å². The number of carbonyl (C=O) groups is 1. The van der Waals surface area contributed by atoms with Crippen molar-refractivity contribution in [2.45, 2.75) is 25.9 Å². The summed E-state index contributed by atoms with van der Waals surface area (Å²) in [6, 6.07) is 11.8. The smallest absolute Gasteiger partial charge is 0.227 e. The second-order valence-corrected chi connectivity index (χ2v) is 6.28. The number of hydrogen-bond acceptors (Lipinski definition) is 4. The zero-order chi connectivity index (χ0) is 16.9. The Morgan fingerprint density at radius 1 is 1.25 bits per heavy atom. The van der Waals surface area contributed by atoms with E-state index in [1.165, 1.54) is 0 Å². The van der Waals surface area contributed by atoms with E-state index in [1.54, 1.807) is 13.4 Å². The summed E-state index contributed by atoms with van der Waals surface area (Å²) >= 11 is 0. The second kappa shape index (κ2) is 7.53. The molecule has 0 spiro atoms. The highest BCUT2D eigenvalue weighted by Crippen LogP contribution is 2.16. The maximum atomic E-state index is 12.6. The molecular weight excluding hydrogens is 304 g/mol. The van der Waals surface area contributed by atoms with Crippen LogP contribution in [0.3, 0.4) is 0 Å². The molecule has 0 N–H and O–H groups in total. The minimum atomic E-state index is 0.185. The summed E-state index contributed by atoms with van der Waals surface area (Å²) in [6.45, 7) is 5.42. The average Bonchev–Trinajstić information content (AvgIpc) is 3.08. The Morgan fingerprint density at radius 3 is 2.67 bits per heavy atom. The summed E-state index contributed by atoms with van der Waals surface area (Å²) in [5, 5.41) is 0. The summed E-state index contributed by atoms with van der Waals surface area (Å²) in [4.78, 5) is 16.9. The van der Waals surface area contributed by atoms with E-state index in [9.17, 15) is 4.79 Å². The third-order valence-corrected chi connectivity index (χ3v) is 4.51. The molecule has 0 radical (unpaired) electrons. The highest BCUT2D eigenvalue weighted by atomic mass is 16.5. The maximum absolute atomic E-state index is 12.6. The number of rotatable bonds is 5. The number of hydrogen-bond donors (Lipinski definition) is 0. The van der Waals surface area contributed by atoms with Crippen LogP contribution in [0.25, 0.3) is 0 Å². The lowest BCUT2D eigenvalue weighted by atomic mass is 10.1. The fourth-order valence-electron chi connectivity index (χ4n) is 3.19. The molecule has 1 fully saturated rings. The molecule has 5 nitrogen and oxygen atoms in total. The third-order valence-electron chi connectivity index (χ3n) is 4.51. The van der Waals surface area contributed by atoms with E-state index in [2.05, 4.69) is 11.8 Å².